The Balaban J connectivity index is 1.66. The zero-order valence-electron chi connectivity index (χ0n) is 17.8. The highest BCUT2D eigenvalue weighted by Crippen LogP contribution is 2.31. The molecule has 0 spiro atoms. The molecule has 1 heterocycles. The minimum absolute atomic E-state index is 0.0279. The molecule has 0 aliphatic carbocycles. The predicted octanol–water partition coefficient (Wildman–Crippen LogP) is 5.33. The van der Waals surface area contributed by atoms with Gasteiger partial charge in [-0.2, -0.15) is 0 Å². The molecule has 0 saturated carbocycles. The van der Waals surface area contributed by atoms with Crippen LogP contribution in [0.15, 0.2) is 54.8 Å². The monoisotopic (exact) mass is 427 g/mol. The van der Waals surface area contributed by atoms with Gasteiger partial charge in [0, 0.05) is 29.2 Å². The molecule has 1 aliphatic rings. The molecule has 1 saturated heterocycles. The maximum atomic E-state index is 12.0. The first-order valence-corrected chi connectivity index (χ1v) is 11.0. The largest absolute Gasteiger partial charge is 0.499 e. The number of nitrogens with zero attached hydrogens (tertiary/aromatic N) is 1. The molecule has 0 unspecified atom stereocenters. The highest BCUT2D eigenvalue weighted by molar-refractivity contribution is 6.32. The van der Waals surface area contributed by atoms with Gasteiger partial charge in [0.15, 0.2) is 0 Å². The van der Waals surface area contributed by atoms with Gasteiger partial charge in [-0.05, 0) is 50.4 Å². The number of rotatable bonds is 8. The maximum Gasteiger partial charge on any atom is 0.310 e. The Bertz CT molecular complexity index is 833. The molecule has 160 valence electrons. The second-order valence-electron chi connectivity index (χ2n) is 7.59. The summed E-state index contributed by atoms with van der Waals surface area (Å²) in [6, 6.07) is 16.0. The van der Waals surface area contributed by atoms with Crippen LogP contribution in [0.3, 0.4) is 0 Å². The third-order valence-electron chi connectivity index (χ3n) is 5.45. The van der Waals surface area contributed by atoms with Gasteiger partial charge in [0.25, 0.3) is 0 Å². The summed E-state index contributed by atoms with van der Waals surface area (Å²) in [7, 11) is 0. The second-order valence-corrected chi connectivity index (χ2v) is 8.00. The fraction of sp³-hybridized carbons (Fsp3) is 0.400. The van der Waals surface area contributed by atoms with Crippen LogP contribution in [-0.4, -0.2) is 43.7 Å². The summed E-state index contributed by atoms with van der Waals surface area (Å²) in [5.41, 5.74) is 4.20. The summed E-state index contributed by atoms with van der Waals surface area (Å²) in [6.07, 6.45) is 3.73. The third-order valence-corrected chi connectivity index (χ3v) is 5.78. The molecule has 0 radical (unpaired) electrons. The fourth-order valence-corrected chi connectivity index (χ4v) is 4.10. The van der Waals surface area contributed by atoms with E-state index in [9.17, 15) is 4.79 Å². The average molecular weight is 428 g/mol. The SMILES string of the molecule is CCOC(=O)[C@@H]1CCCN(CCOC=C(c2ccccc2C)c2ccccc2Cl)C1. The molecular weight excluding hydrogens is 398 g/mol. The first-order chi connectivity index (χ1) is 14.6. The molecule has 1 aliphatic heterocycles. The molecule has 30 heavy (non-hydrogen) atoms. The van der Waals surface area contributed by atoms with Crippen molar-refractivity contribution in [3.63, 3.8) is 0 Å². The Kier molecular flexibility index (Phi) is 8.35. The van der Waals surface area contributed by atoms with Crippen molar-refractivity contribution in [1.29, 1.82) is 0 Å². The molecule has 5 heteroatoms. The number of hydrogen-bond donors (Lipinski definition) is 0. The number of hydrogen-bond acceptors (Lipinski definition) is 4. The van der Waals surface area contributed by atoms with E-state index in [0.717, 1.165) is 49.2 Å². The molecule has 0 aromatic heterocycles. The molecule has 3 rings (SSSR count). The minimum atomic E-state index is -0.0800. The van der Waals surface area contributed by atoms with Gasteiger partial charge in [-0.25, -0.2) is 0 Å². The summed E-state index contributed by atoms with van der Waals surface area (Å²) in [5, 5.41) is 0.698. The lowest BCUT2D eigenvalue weighted by molar-refractivity contribution is -0.150. The van der Waals surface area contributed by atoms with Gasteiger partial charge in [-0.15, -0.1) is 0 Å². The zero-order chi connectivity index (χ0) is 21.3. The fourth-order valence-electron chi connectivity index (χ4n) is 3.86. The summed E-state index contributed by atoms with van der Waals surface area (Å²) >= 11 is 6.48. The van der Waals surface area contributed by atoms with Crippen LogP contribution in [0.2, 0.25) is 5.02 Å². The van der Waals surface area contributed by atoms with E-state index in [1.165, 1.54) is 5.56 Å². The van der Waals surface area contributed by atoms with E-state index < -0.39 is 0 Å². The highest BCUT2D eigenvalue weighted by atomic mass is 35.5. The van der Waals surface area contributed by atoms with Crippen LogP contribution in [0.1, 0.15) is 36.5 Å². The quantitative estimate of drug-likeness (QED) is 0.324. The molecular formula is C25H30ClNO3. The number of ether oxygens (including phenoxy) is 2. The van der Waals surface area contributed by atoms with E-state index in [4.69, 9.17) is 21.1 Å². The number of carbonyl (C=O) groups is 1. The van der Waals surface area contributed by atoms with E-state index in [2.05, 4.69) is 24.0 Å². The maximum absolute atomic E-state index is 12.0. The molecule has 0 amide bonds. The Morgan fingerprint density at radius 1 is 1.17 bits per heavy atom. The zero-order valence-corrected chi connectivity index (χ0v) is 18.5. The van der Waals surface area contributed by atoms with Crippen molar-refractivity contribution in [3.05, 3.63) is 76.5 Å². The summed E-state index contributed by atoms with van der Waals surface area (Å²) in [6.45, 7) is 7.42. The Morgan fingerprint density at radius 2 is 1.90 bits per heavy atom. The topological polar surface area (TPSA) is 38.8 Å². The molecule has 1 atom stereocenters. The molecule has 0 bridgehead atoms. The van der Waals surface area contributed by atoms with Gasteiger partial charge in [-0.1, -0.05) is 54.1 Å². The van der Waals surface area contributed by atoms with Crippen molar-refractivity contribution < 1.29 is 14.3 Å². The minimum Gasteiger partial charge on any atom is -0.499 e. The standard InChI is InChI=1S/C25H30ClNO3/c1-3-30-25(28)20-10-8-14-27(17-20)15-16-29-18-23(21-11-5-4-9-19(21)2)22-12-6-7-13-24(22)26/h4-7,9,11-13,18,20H,3,8,10,14-17H2,1-2H3/t20-/m1/s1. The van der Waals surface area contributed by atoms with E-state index >= 15 is 0 Å². The van der Waals surface area contributed by atoms with Crippen molar-refractivity contribution in [2.24, 2.45) is 5.92 Å². The molecule has 2 aromatic carbocycles. The smallest absolute Gasteiger partial charge is 0.310 e. The van der Waals surface area contributed by atoms with Crippen LogP contribution in [0.4, 0.5) is 0 Å². The number of piperidine rings is 1. The molecule has 4 nitrogen and oxygen atoms in total. The van der Waals surface area contributed by atoms with E-state index in [-0.39, 0.29) is 11.9 Å². The van der Waals surface area contributed by atoms with E-state index in [1.54, 1.807) is 0 Å². The summed E-state index contributed by atoms with van der Waals surface area (Å²) in [5.74, 6) is -0.108. The van der Waals surface area contributed by atoms with Crippen molar-refractivity contribution in [1.82, 2.24) is 4.90 Å². The Morgan fingerprint density at radius 3 is 2.63 bits per heavy atom. The van der Waals surface area contributed by atoms with Crippen LogP contribution in [0.5, 0.6) is 0 Å². The Hall–Kier alpha value is -2.30. The number of esters is 1. The van der Waals surface area contributed by atoms with E-state index in [0.29, 0.717) is 18.2 Å². The lowest BCUT2D eigenvalue weighted by Crippen LogP contribution is -2.40. The average Bonchev–Trinajstić information content (AvgIpc) is 2.76. The molecule has 1 fully saturated rings. The second kappa shape index (κ2) is 11.2. The predicted molar refractivity (Wildman–Crippen MR) is 121 cm³/mol. The van der Waals surface area contributed by atoms with Crippen LogP contribution < -0.4 is 0 Å². The number of halogens is 1. The van der Waals surface area contributed by atoms with Gasteiger partial charge in [-0.3, -0.25) is 9.69 Å². The number of likely N-dealkylation sites (tertiary alicyclic amines) is 1. The summed E-state index contributed by atoms with van der Waals surface area (Å²) < 4.78 is 11.2. The van der Waals surface area contributed by atoms with Crippen LogP contribution in [0.25, 0.3) is 5.57 Å². The van der Waals surface area contributed by atoms with Gasteiger partial charge in [0.2, 0.25) is 0 Å². The van der Waals surface area contributed by atoms with Crippen molar-refractivity contribution in [3.8, 4) is 0 Å². The lowest BCUT2D eigenvalue weighted by Gasteiger charge is -2.31. The van der Waals surface area contributed by atoms with Crippen molar-refractivity contribution in [2.45, 2.75) is 26.7 Å². The third kappa shape index (κ3) is 5.87. The molecule has 2 aromatic rings. The normalized spacial score (nSPS) is 17.6. The van der Waals surface area contributed by atoms with Gasteiger partial charge in [0.05, 0.1) is 18.8 Å². The number of aryl methyl sites for hydroxylation is 1. The first kappa shape index (κ1) is 22.4. The van der Waals surface area contributed by atoms with Gasteiger partial charge in [0.1, 0.15) is 6.61 Å². The lowest BCUT2D eigenvalue weighted by atomic mass is 9.95. The molecule has 0 N–H and O–H groups in total. The highest BCUT2D eigenvalue weighted by Gasteiger charge is 2.26. The Labute approximate surface area is 184 Å². The van der Waals surface area contributed by atoms with Crippen molar-refractivity contribution >= 4 is 23.1 Å². The summed E-state index contributed by atoms with van der Waals surface area (Å²) in [4.78, 5) is 14.3. The van der Waals surface area contributed by atoms with E-state index in [1.807, 2.05) is 49.6 Å². The van der Waals surface area contributed by atoms with Crippen molar-refractivity contribution in [2.75, 3.05) is 32.8 Å². The number of carbonyl (C=O) groups excluding carboxylic acids is 1. The van der Waals surface area contributed by atoms with Crippen LogP contribution in [0, 0.1) is 12.8 Å². The van der Waals surface area contributed by atoms with Gasteiger partial charge >= 0.3 is 5.97 Å². The van der Waals surface area contributed by atoms with Gasteiger partial charge < -0.3 is 9.47 Å². The number of benzene rings is 2. The van der Waals surface area contributed by atoms with Crippen LogP contribution >= 0.6 is 11.6 Å². The first-order valence-electron chi connectivity index (χ1n) is 10.6. The van der Waals surface area contributed by atoms with Crippen LogP contribution in [-0.2, 0) is 14.3 Å².